The Morgan fingerprint density at radius 1 is 1.06 bits per heavy atom. The summed E-state index contributed by atoms with van der Waals surface area (Å²) in [7, 11) is 0. The average molecular weight is 223 g/mol. The third kappa shape index (κ3) is 1.92. The van der Waals surface area contributed by atoms with Crippen molar-refractivity contribution in [1.82, 2.24) is 4.90 Å². The molecule has 0 aromatic rings. The molecule has 2 heteroatoms. The van der Waals surface area contributed by atoms with Crippen LogP contribution in [0.5, 0.6) is 0 Å². The van der Waals surface area contributed by atoms with Crippen LogP contribution in [0.1, 0.15) is 54.4 Å². The van der Waals surface area contributed by atoms with Gasteiger partial charge in [0.05, 0.1) is 6.04 Å². The number of hydrogen-bond acceptors (Lipinski definition) is 2. The fraction of sp³-hybridized carbons (Fsp3) is 0.929. The fourth-order valence-corrected chi connectivity index (χ4v) is 3.16. The van der Waals surface area contributed by atoms with Crippen molar-refractivity contribution in [2.75, 3.05) is 0 Å². The van der Waals surface area contributed by atoms with E-state index in [1.54, 1.807) is 0 Å². The normalized spacial score (nSPS) is 35.0. The lowest BCUT2D eigenvalue weighted by Crippen LogP contribution is -2.52. The molecule has 2 fully saturated rings. The molecular formula is C14H25NO. The van der Waals surface area contributed by atoms with Crippen molar-refractivity contribution in [2.24, 2.45) is 11.3 Å². The van der Waals surface area contributed by atoms with Crippen molar-refractivity contribution >= 4 is 5.78 Å². The van der Waals surface area contributed by atoms with E-state index in [9.17, 15) is 4.79 Å². The first-order valence-corrected chi connectivity index (χ1v) is 6.45. The van der Waals surface area contributed by atoms with Crippen LogP contribution in [0.25, 0.3) is 0 Å². The van der Waals surface area contributed by atoms with E-state index in [4.69, 9.17) is 0 Å². The number of piperidine rings is 1. The number of fused-ring (bicyclic) bond motifs is 1. The quantitative estimate of drug-likeness (QED) is 0.681. The highest BCUT2D eigenvalue weighted by molar-refractivity contribution is 5.89. The number of ketones is 1. The molecular weight excluding hydrogens is 198 g/mol. The number of nitrogens with zero attached hydrogens (tertiary/aromatic N) is 1. The third-order valence-electron chi connectivity index (χ3n) is 3.92. The Morgan fingerprint density at radius 3 is 2.06 bits per heavy atom. The largest absolute Gasteiger partial charge is 0.297 e. The summed E-state index contributed by atoms with van der Waals surface area (Å²) in [5, 5.41) is 0. The van der Waals surface area contributed by atoms with E-state index < -0.39 is 0 Å². The Bertz CT molecular complexity index is 308. The van der Waals surface area contributed by atoms with Gasteiger partial charge in [-0.3, -0.25) is 9.69 Å². The molecule has 0 N–H and O–H groups in total. The summed E-state index contributed by atoms with van der Waals surface area (Å²) in [5.74, 6) is 1.23. The Balaban J connectivity index is 2.20. The minimum atomic E-state index is -0.203. The van der Waals surface area contributed by atoms with Gasteiger partial charge in [-0.25, -0.2) is 0 Å². The maximum absolute atomic E-state index is 12.4. The number of carbonyl (C=O) groups excluding carboxylic acids is 1. The van der Waals surface area contributed by atoms with Crippen LogP contribution >= 0.6 is 0 Å². The number of Topliss-reactive ketones (excluding diaryl/α,β-unsaturated/α-hetero) is 1. The molecule has 0 spiro atoms. The Morgan fingerprint density at radius 2 is 1.62 bits per heavy atom. The molecule has 1 saturated heterocycles. The van der Waals surface area contributed by atoms with Crippen molar-refractivity contribution in [1.29, 1.82) is 0 Å². The summed E-state index contributed by atoms with van der Waals surface area (Å²) in [4.78, 5) is 14.9. The number of carbonyl (C=O) groups is 1. The third-order valence-corrected chi connectivity index (χ3v) is 3.92. The maximum Gasteiger partial charge on any atom is 0.155 e. The van der Waals surface area contributed by atoms with E-state index >= 15 is 0 Å². The molecule has 1 saturated carbocycles. The zero-order chi connectivity index (χ0) is 12.3. The van der Waals surface area contributed by atoms with Crippen LogP contribution in [0.2, 0.25) is 0 Å². The average Bonchev–Trinajstić information content (AvgIpc) is 2.71. The topological polar surface area (TPSA) is 20.3 Å². The molecule has 2 nitrogen and oxygen atoms in total. The van der Waals surface area contributed by atoms with Crippen LogP contribution in [0.15, 0.2) is 0 Å². The van der Waals surface area contributed by atoms with Crippen LogP contribution in [0.3, 0.4) is 0 Å². The predicted octanol–water partition coefficient (Wildman–Crippen LogP) is 2.86. The summed E-state index contributed by atoms with van der Waals surface area (Å²) in [5.41, 5.74) is -0.0769. The Kier molecular flexibility index (Phi) is 2.51. The molecule has 1 unspecified atom stereocenters. The van der Waals surface area contributed by atoms with Crippen LogP contribution < -0.4 is 0 Å². The van der Waals surface area contributed by atoms with Crippen molar-refractivity contribution < 1.29 is 4.79 Å². The van der Waals surface area contributed by atoms with Crippen LogP contribution in [-0.4, -0.2) is 28.3 Å². The van der Waals surface area contributed by atoms with Gasteiger partial charge in [-0.05, 0) is 39.5 Å². The standard InChI is InChI=1S/C14H25NO/c1-13(2,3)12(16)11-8-9-7-10(9)15(11)14(4,5)6/h9-11H,7-8H2,1-6H3/t9-,10?,11+/m1/s1. The molecule has 0 radical (unpaired) electrons. The van der Waals surface area contributed by atoms with E-state index in [1.807, 2.05) is 20.8 Å². The second kappa shape index (κ2) is 3.32. The lowest BCUT2D eigenvalue weighted by atomic mass is 9.84. The molecule has 2 aliphatic rings. The lowest BCUT2D eigenvalue weighted by molar-refractivity contribution is -0.133. The van der Waals surface area contributed by atoms with Gasteiger partial charge in [-0.2, -0.15) is 0 Å². The zero-order valence-electron chi connectivity index (χ0n) is 11.5. The molecule has 16 heavy (non-hydrogen) atoms. The summed E-state index contributed by atoms with van der Waals surface area (Å²) >= 11 is 0. The van der Waals surface area contributed by atoms with Gasteiger partial charge < -0.3 is 0 Å². The molecule has 1 aliphatic carbocycles. The van der Waals surface area contributed by atoms with Gasteiger partial charge in [0.2, 0.25) is 0 Å². The number of hydrogen-bond donors (Lipinski definition) is 0. The van der Waals surface area contributed by atoms with E-state index in [1.165, 1.54) is 6.42 Å². The van der Waals surface area contributed by atoms with Gasteiger partial charge in [0, 0.05) is 17.0 Å². The maximum atomic E-state index is 12.4. The smallest absolute Gasteiger partial charge is 0.155 e. The number of likely N-dealkylation sites (tertiary alicyclic amines) is 1. The second-order valence-electron chi connectivity index (χ2n) is 7.51. The van der Waals surface area contributed by atoms with Gasteiger partial charge in [0.1, 0.15) is 0 Å². The molecule has 0 amide bonds. The molecule has 1 aliphatic heterocycles. The summed E-state index contributed by atoms with van der Waals surface area (Å²) in [6.45, 7) is 12.8. The molecule has 0 aromatic heterocycles. The molecule has 0 aromatic carbocycles. The highest BCUT2D eigenvalue weighted by Gasteiger charge is 2.57. The van der Waals surface area contributed by atoms with Crippen LogP contribution in [0.4, 0.5) is 0 Å². The summed E-state index contributed by atoms with van der Waals surface area (Å²) < 4.78 is 0. The summed E-state index contributed by atoms with van der Waals surface area (Å²) in [6, 6.07) is 0.861. The Labute approximate surface area is 99.4 Å². The lowest BCUT2D eigenvalue weighted by Gasteiger charge is -2.40. The summed E-state index contributed by atoms with van der Waals surface area (Å²) in [6.07, 6.45) is 2.41. The first-order valence-electron chi connectivity index (χ1n) is 6.45. The number of rotatable bonds is 1. The van der Waals surface area contributed by atoms with Gasteiger partial charge >= 0.3 is 0 Å². The fourth-order valence-electron chi connectivity index (χ4n) is 3.16. The zero-order valence-corrected chi connectivity index (χ0v) is 11.5. The van der Waals surface area contributed by atoms with E-state index in [2.05, 4.69) is 25.7 Å². The Hall–Kier alpha value is -0.370. The van der Waals surface area contributed by atoms with Gasteiger partial charge in [-0.15, -0.1) is 0 Å². The van der Waals surface area contributed by atoms with Gasteiger partial charge in [-0.1, -0.05) is 20.8 Å². The SMILES string of the molecule is CC(C)(C)C(=O)[C@@H]1C[C@H]2CC2N1C(C)(C)C. The van der Waals surface area contributed by atoms with E-state index in [0.717, 1.165) is 12.3 Å². The van der Waals surface area contributed by atoms with Gasteiger partial charge in [0.15, 0.2) is 5.78 Å². The molecule has 2 rings (SSSR count). The van der Waals surface area contributed by atoms with Crippen LogP contribution in [0, 0.1) is 11.3 Å². The minimum absolute atomic E-state index is 0.126. The molecule has 1 heterocycles. The first kappa shape index (κ1) is 12.1. The van der Waals surface area contributed by atoms with E-state index in [0.29, 0.717) is 11.8 Å². The van der Waals surface area contributed by atoms with Crippen LogP contribution in [-0.2, 0) is 4.79 Å². The monoisotopic (exact) mass is 223 g/mol. The minimum Gasteiger partial charge on any atom is -0.297 e. The molecule has 92 valence electrons. The van der Waals surface area contributed by atoms with Crippen molar-refractivity contribution in [3.8, 4) is 0 Å². The van der Waals surface area contributed by atoms with Crippen molar-refractivity contribution in [3.05, 3.63) is 0 Å². The molecule has 0 bridgehead atoms. The van der Waals surface area contributed by atoms with E-state index in [-0.39, 0.29) is 17.0 Å². The highest BCUT2D eigenvalue weighted by atomic mass is 16.1. The molecule has 3 atom stereocenters. The van der Waals surface area contributed by atoms with Crippen molar-refractivity contribution in [2.45, 2.75) is 72.0 Å². The van der Waals surface area contributed by atoms with Crippen molar-refractivity contribution in [3.63, 3.8) is 0 Å². The van der Waals surface area contributed by atoms with Gasteiger partial charge in [0.25, 0.3) is 0 Å². The highest BCUT2D eigenvalue weighted by Crippen LogP contribution is 2.51. The first-order chi connectivity index (χ1) is 7.12. The second-order valence-corrected chi connectivity index (χ2v) is 7.51. The predicted molar refractivity (Wildman–Crippen MR) is 66.4 cm³/mol.